The number of likely N-dealkylation sites (N-methyl/N-ethyl adjacent to an activating group) is 1. The highest BCUT2D eigenvalue weighted by Gasteiger charge is 2.20. The van der Waals surface area contributed by atoms with Crippen LogP contribution in [0.15, 0.2) is 24.3 Å². The minimum atomic E-state index is -0.0706. The van der Waals surface area contributed by atoms with Gasteiger partial charge >= 0.3 is 0 Å². The average molecular weight is 264 g/mol. The molecule has 1 amide bonds. The van der Waals surface area contributed by atoms with Crippen LogP contribution in [-0.4, -0.2) is 43.7 Å². The van der Waals surface area contributed by atoms with Gasteiger partial charge < -0.3 is 20.1 Å². The standard InChI is InChI=1S/C14H20N2O3/c1-16(9-11-5-4-8-18-11)14(17)10-19-13-7-3-2-6-12(13)15/h2-3,6-7,11H,4-5,8-10,15H2,1H3. The van der Waals surface area contributed by atoms with E-state index < -0.39 is 0 Å². The fraction of sp³-hybridized carbons (Fsp3) is 0.500. The Kier molecular flexibility index (Phi) is 4.63. The fourth-order valence-corrected chi connectivity index (χ4v) is 2.06. The van der Waals surface area contributed by atoms with Crippen LogP contribution in [0.1, 0.15) is 12.8 Å². The molecule has 1 heterocycles. The van der Waals surface area contributed by atoms with Crippen LogP contribution in [0.25, 0.3) is 0 Å². The number of para-hydroxylation sites is 2. The van der Waals surface area contributed by atoms with Crippen molar-refractivity contribution in [3.63, 3.8) is 0 Å². The second kappa shape index (κ2) is 6.43. The Hall–Kier alpha value is -1.75. The Bertz CT molecular complexity index is 430. The number of amides is 1. The molecular weight excluding hydrogens is 244 g/mol. The molecule has 1 atom stereocenters. The maximum absolute atomic E-state index is 11.9. The fourth-order valence-electron chi connectivity index (χ4n) is 2.06. The van der Waals surface area contributed by atoms with E-state index in [4.69, 9.17) is 15.2 Å². The molecule has 1 aromatic rings. The van der Waals surface area contributed by atoms with Crippen molar-refractivity contribution in [3.05, 3.63) is 24.3 Å². The monoisotopic (exact) mass is 264 g/mol. The summed E-state index contributed by atoms with van der Waals surface area (Å²) in [5.41, 5.74) is 6.28. The zero-order valence-corrected chi connectivity index (χ0v) is 11.2. The molecule has 0 aliphatic carbocycles. The predicted molar refractivity (Wildman–Crippen MR) is 73.0 cm³/mol. The first kappa shape index (κ1) is 13.7. The lowest BCUT2D eigenvalue weighted by Gasteiger charge is -2.21. The molecule has 2 rings (SSSR count). The molecule has 2 N–H and O–H groups in total. The van der Waals surface area contributed by atoms with Gasteiger partial charge in [0.25, 0.3) is 5.91 Å². The molecule has 1 saturated heterocycles. The second-order valence-corrected chi connectivity index (χ2v) is 4.74. The van der Waals surface area contributed by atoms with Crippen molar-refractivity contribution >= 4 is 11.6 Å². The molecule has 19 heavy (non-hydrogen) atoms. The lowest BCUT2D eigenvalue weighted by molar-refractivity contribution is -0.133. The van der Waals surface area contributed by atoms with Crippen LogP contribution in [0.5, 0.6) is 5.75 Å². The van der Waals surface area contributed by atoms with E-state index in [1.165, 1.54) is 0 Å². The molecular formula is C14H20N2O3. The molecule has 1 unspecified atom stereocenters. The van der Waals surface area contributed by atoms with E-state index in [1.54, 1.807) is 24.1 Å². The van der Waals surface area contributed by atoms with Gasteiger partial charge in [-0.3, -0.25) is 4.79 Å². The summed E-state index contributed by atoms with van der Waals surface area (Å²) in [6, 6.07) is 7.15. The highest BCUT2D eigenvalue weighted by Crippen LogP contribution is 2.19. The number of hydrogen-bond acceptors (Lipinski definition) is 4. The molecule has 5 heteroatoms. The van der Waals surface area contributed by atoms with Crippen molar-refractivity contribution in [2.45, 2.75) is 18.9 Å². The number of carbonyl (C=O) groups excluding carboxylic acids is 1. The predicted octanol–water partition coefficient (Wildman–Crippen LogP) is 1.28. The highest BCUT2D eigenvalue weighted by molar-refractivity contribution is 5.77. The summed E-state index contributed by atoms with van der Waals surface area (Å²) in [4.78, 5) is 13.6. The van der Waals surface area contributed by atoms with E-state index in [9.17, 15) is 4.79 Å². The van der Waals surface area contributed by atoms with Crippen molar-refractivity contribution in [3.8, 4) is 5.75 Å². The molecule has 104 valence electrons. The summed E-state index contributed by atoms with van der Waals surface area (Å²) in [5.74, 6) is 0.472. The van der Waals surface area contributed by atoms with E-state index in [1.807, 2.05) is 12.1 Å². The van der Waals surface area contributed by atoms with Gasteiger partial charge in [0.1, 0.15) is 5.75 Å². The number of rotatable bonds is 5. The third-order valence-electron chi connectivity index (χ3n) is 3.20. The van der Waals surface area contributed by atoms with E-state index >= 15 is 0 Å². The van der Waals surface area contributed by atoms with Crippen LogP contribution >= 0.6 is 0 Å². The van der Waals surface area contributed by atoms with Gasteiger partial charge in [0.15, 0.2) is 6.61 Å². The molecule has 0 saturated carbocycles. The van der Waals surface area contributed by atoms with Crippen LogP contribution in [0.3, 0.4) is 0 Å². The summed E-state index contributed by atoms with van der Waals surface area (Å²) in [7, 11) is 1.77. The average Bonchev–Trinajstić information content (AvgIpc) is 2.90. The van der Waals surface area contributed by atoms with Crippen LogP contribution < -0.4 is 10.5 Å². The molecule has 0 aromatic heterocycles. The molecule has 1 fully saturated rings. The van der Waals surface area contributed by atoms with Gasteiger partial charge in [-0.2, -0.15) is 0 Å². The summed E-state index contributed by atoms with van der Waals surface area (Å²) >= 11 is 0. The first-order valence-corrected chi connectivity index (χ1v) is 6.49. The van der Waals surface area contributed by atoms with Crippen LogP contribution in [-0.2, 0) is 9.53 Å². The highest BCUT2D eigenvalue weighted by atomic mass is 16.5. The lowest BCUT2D eigenvalue weighted by Crippen LogP contribution is -2.37. The summed E-state index contributed by atoms with van der Waals surface area (Å²) in [6.45, 7) is 1.41. The second-order valence-electron chi connectivity index (χ2n) is 4.74. The van der Waals surface area contributed by atoms with Crippen molar-refractivity contribution in [1.82, 2.24) is 4.90 Å². The molecule has 1 aliphatic rings. The van der Waals surface area contributed by atoms with Crippen LogP contribution in [0.2, 0.25) is 0 Å². The topological polar surface area (TPSA) is 64.8 Å². The summed E-state index contributed by atoms with van der Waals surface area (Å²) < 4.78 is 10.9. The Labute approximate surface area is 113 Å². The third kappa shape index (κ3) is 3.86. The normalized spacial score (nSPS) is 18.3. The van der Waals surface area contributed by atoms with Gasteiger partial charge in [0, 0.05) is 20.2 Å². The smallest absolute Gasteiger partial charge is 0.260 e. The zero-order valence-electron chi connectivity index (χ0n) is 11.2. The Morgan fingerprint density at radius 2 is 2.32 bits per heavy atom. The molecule has 0 spiro atoms. The lowest BCUT2D eigenvalue weighted by atomic mass is 10.2. The Balaban J connectivity index is 1.78. The van der Waals surface area contributed by atoms with Crippen molar-refractivity contribution in [2.75, 3.05) is 32.5 Å². The first-order chi connectivity index (χ1) is 9.16. The number of nitrogens with zero attached hydrogens (tertiary/aromatic N) is 1. The quantitative estimate of drug-likeness (QED) is 0.814. The number of benzene rings is 1. The third-order valence-corrected chi connectivity index (χ3v) is 3.20. The molecule has 5 nitrogen and oxygen atoms in total. The number of ether oxygens (including phenoxy) is 2. The van der Waals surface area contributed by atoms with E-state index in [-0.39, 0.29) is 18.6 Å². The van der Waals surface area contributed by atoms with Gasteiger partial charge in [0.2, 0.25) is 0 Å². The SMILES string of the molecule is CN(CC1CCCO1)C(=O)COc1ccccc1N. The van der Waals surface area contributed by atoms with Crippen LogP contribution in [0.4, 0.5) is 5.69 Å². The Morgan fingerprint density at radius 3 is 3.00 bits per heavy atom. The maximum atomic E-state index is 11.9. The van der Waals surface area contributed by atoms with Crippen LogP contribution in [0, 0.1) is 0 Å². The largest absolute Gasteiger partial charge is 0.482 e. The van der Waals surface area contributed by atoms with Gasteiger partial charge in [-0.25, -0.2) is 0 Å². The minimum absolute atomic E-state index is 0.00255. The van der Waals surface area contributed by atoms with Gasteiger partial charge in [-0.1, -0.05) is 12.1 Å². The van der Waals surface area contributed by atoms with Gasteiger partial charge in [-0.05, 0) is 25.0 Å². The first-order valence-electron chi connectivity index (χ1n) is 6.49. The van der Waals surface area contributed by atoms with Gasteiger partial charge in [0.05, 0.1) is 11.8 Å². The molecule has 1 aliphatic heterocycles. The van der Waals surface area contributed by atoms with E-state index in [0.717, 1.165) is 19.4 Å². The number of nitrogen functional groups attached to an aromatic ring is 1. The van der Waals surface area contributed by atoms with E-state index in [0.29, 0.717) is 18.0 Å². The summed E-state index contributed by atoms with van der Waals surface area (Å²) in [5, 5.41) is 0. The van der Waals surface area contributed by atoms with Crippen molar-refractivity contribution < 1.29 is 14.3 Å². The minimum Gasteiger partial charge on any atom is -0.482 e. The number of hydrogen-bond donors (Lipinski definition) is 1. The van der Waals surface area contributed by atoms with Crippen molar-refractivity contribution in [2.24, 2.45) is 0 Å². The zero-order chi connectivity index (χ0) is 13.7. The van der Waals surface area contributed by atoms with Crippen molar-refractivity contribution in [1.29, 1.82) is 0 Å². The molecule has 0 bridgehead atoms. The summed E-state index contributed by atoms with van der Waals surface area (Å²) in [6.07, 6.45) is 2.25. The number of nitrogens with two attached hydrogens (primary N) is 1. The number of carbonyl (C=O) groups is 1. The molecule has 0 radical (unpaired) electrons. The Morgan fingerprint density at radius 1 is 1.53 bits per heavy atom. The maximum Gasteiger partial charge on any atom is 0.260 e. The van der Waals surface area contributed by atoms with E-state index in [2.05, 4.69) is 0 Å². The molecule has 1 aromatic carbocycles. The van der Waals surface area contributed by atoms with Gasteiger partial charge in [-0.15, -0.1) is 0 Å². The number of anilines is 1.